The van der Waals surface area contributed by atoms with Crippen molar-refractivity contribution in [3.8, 4) is 5.88 Å². The molecular weight excluding hydrogens is 240 g/mol. The fraction of sp³-hybridized carbons (Fsp3) is 0.333. The highest BCUT2D eigenvalue weighted by molar-refractivity contribution is 5.83. The standard InChI is InChI=1S/C15H16N2O2/c1-10-9-14(17-12-6-3-2-5-11(10)12)19-13-7-4-8-16-15(13)18/h2-3,5-6,9,13H,4,7-8H2,1H3,(H,16,18). The van der Waals surface area contributed by atoms with Gasteiger partial charge in [-0.3, -0.25) is 4.79 Å². The van der Waals surface area contributed by atoms with Gasteiger partial charge in [0.2, 0.25) is 5.88 Å². The van der Waals surface area contributed by atoms with Gasteiger partial charge in [-0.05, 0) is 31.4 Å². The molecule has 1 unspecified atom stereocenters. The predicted octanol–water partition coefficient (Wildman–Crippen LogP) is 2.20. The Kier molecular flexibility index (Phi) is 3.07. The molecule has 1 atom stereocenters. The number of nitrogens with zero attached hydrogens (tertiary/aromatic N) is 1. The summed E-state index contributed by atoms with van der Waals surface area (Å²) in [5.74, 6) is 0.483. The Morgan fingerprint density at radius 1 is 1.37 bits per heavy atom. The normalized spacial score (nSPS) is 19.2. The zero-order valence-corrected chi connectivity index (χ0v) is 10.8. The van der Waals surface area contributed by atoms with E-state index in [2.05, 4.69) is 10.3 Å². The Labute approximate surface area is 111 Å². The third-order valence-electron chi connectivity index (χ3n) is 3.40. The minimum atomic E-state index is -0.415. The molecule has 1 saturated heterocycles. The van der Waals surface area contributed by atoms with Crippen LogP contribution in [0.3, 0.4) is 0 Å². The smallest absolute Gasteiger partial charge is 0.261 e. The van der Waals surface area contributed by atoms with Crippen molar-refractivity contribution in [2.24, 2.45) is 0 Å². The number of fused-ring (bicyclic) bond motifs is 1. The number of hydrogen-bond donors (Lipinski definition) is 1. The summed E-state index contributed by atoms with van der Waals surface area (Å²) in [5.41, 5.74) is 2.01. The first-order valence-electron chi connectivity index (χ1n) is 6.55. The molecule has 1 N–H and O–H groups in total. The van der Waals surface area contributed by atoms with Crippen LogP contribution in [-0.2, 0) is 4.79 Å². The topological polar surface area (TPSA) is 51.2 Å². The van der Waals surface area contributed by atoms with Crippen LogP contribution in [0.5, 0.6) is 5.88 Å². The number of aromatic nitrogens is 1. The third-order valence-corrected chi connectivity index (χ3v) is 3.40. The van der Waals surface area contributed by atoms with Crippen molar-refractivity contribution in [3.63, 3.8) is 0 Å². The zero-order valence-electron chi connectivity index (χ0n) is 10.8. The minimum absolute atomic E-state index is 0.0427. The van der Waals surface area contributed by atoms with E-state index in [1.807, 2.05) is 37.3 Å². The highest BCUT2D eigenvalue weighted by Crippen LogP contribution is 2.22. The SMILES string of the molecule is Cc1cc(OC2CCCNC2=O)nc2ccccc12. The van der Waals surface area contributed by atoms with Crippen molar-refractivity contribution < 1.29 is 9.53 Å². The van der Waals surface area contributed by atoms with Crippen molar-refractivity contribution in [2.45, 2.75) is 25.9 Å². The van der Waals surface area contributed by atoms with Gasteiger partial charge in [-0.25, -0.2) is 4.98 Å². The van der Waals surface area contributed by atoms with E-state index in [0.717, 1.165) is 35.9 Å². The molecule has 1 aliphatic heterocycles. The number of nitrogens with one attached hydrogen (secondary N) is 1. The molecule has 0 bridgehead atoms. The summed E-state index contributed by atoms with van der Waals surface area (Å²) in [5, 5.41) is 3.93. The lowest BCUT2D eigenvalue weighted by molar-refractivity contribution is -0.130. The number of amides is 1. The molecule has 1 aromatic heterocycles. The van der Waals surface area contributed by atoms with Gasteiger partial charge in [0.1, 0.15) is 0 Å². The predicted molar refractivity (Wildman–Crippen MR) is 73.1 cm³/mol. The number of piperidine rings is 1. The van der Waals surface area contributed by atoms with Gasteiger partial charge in [0.05, 0.1) is 5.52 Å². The largest absolute Gasteiger partial charge is 0.464 e. The number of rotatable bonds is 2. The maximum atomic E-state index is 11.7. The molecule has 1 aliphatic rings. The van der Waals surface area contributed by atoms with Crippen LogP contribution in [0.1, 0.15) is 18.4 Å². The Bertz CT molecular complexity index is 625. The number of carbonyl (C=O) groups excluding carboxylic acids is 1. The molecule has 98 valence electrons. The van der Waals surface area contributed by atoms with E-state index in [-0.39, 0.29) is 5.91 Å². The molecule has 0 aliphatic carbocycles. The maximum absolute atomic E-state index is 11.7. The molecule has 1 fully saturated rings. The number of para-hydroxylation sites is 1. The monoisotopic (exact) mass is 256 g/mol. The van der Waals surface area contributed by atoms with Crippen LogP contribution < -0.4 is 10.1 Å². The van der Waals surface area contributed by atoms with Crippen LogP contribution in [0, 0.1) is 6.92 Å². The van der Waals surface area contributed by atoms with Crippen LogP contribution in [0.2, 0.25) is 0 Å². The molecule has 2 heterocycles. The van der Waals surface area contributed by atoms with Crippen molar-refractivity contribution in [3.05, 3.63) is 35.9 Å². The first-order chi connectivity index (χ1) is 9.24. The molecule has 3 rings (SSSR count). The van der Waals surface area contributed by atoms with Gasteiger partial charge in [-0.15, -0.1) is 0 Å². The number of ether oxygens (including phenoxy) is 1. The molecule has 0 spiro atoms. The number of pyridine rings is 1. The molecular formula is C15H16N2O2. The summed E-state index contributed by atoms with van der Waals surface area (Å²) in [6.45, 7) is 2.76. The minimum Gasteiger partial charge on any atom is -0.464 e. The van der Waals surface area contributed by atoms with Crippen molar-refractivity contribution >= 4 is 16.8 Å². The van der Waals surface area contributed by atoms with Crippen molar-refractivity contribution in [1.82, 2.24) is 10.3 Å². The van der Waals surface area contributed by atoms with E-state index in [4.69, 9.17) is 4.74 Å². The number of carbonyl (C=O) groups is 1. The Morgan fingerprint density at radius 2 is 2.21 bits per heavy atom. The van der Waals surface area contributed by atoms with Crippen LogP contribution in [-0.4, -0.2) is 23.5 Å². The summed E-state index contributed by atoms with van der Waals surface area (Å²) < 4.78 is 5.73. The van der Waals surface area contributed by atoms with Gasteiger partial charge in [-0.1, -0.05) is 18.2 Å². The molecule has 1 amide bonds. The summed E-state index contributed by atoms with van der Waals surface area (Å²) in [6, 6.07) is 9.83. The molecule has 0 saturated carbocycles. The van der Waals surface area contributed by atoms with Crippen molar-refractivity contribution in [2.75, 3.05) is 6.54 Å². The second-order valence-electron chi connectivity index (χ2n) is 4.83. The van der Waals surface area contributed by atoms with Crippen molar-refractivity contribution in [1.29, 1.82) is 0 Å². The summed E-state index contributed by atoms with van der Waals surface area (Å²) in [7, 11) is 0. The lowest BCUT2D eigenvalue weighted by Crippen LogP contribution is -2.43. The second kappa shape index (κ2) is 4.88. The first kappa shape index (κ1) is 12.0. The average Bonchev–Trinajstić information content (AvgIpc) is 2.42. The lowest BCUT2D eigenvalue weighted by atomic mass is 10.1. The second-order valence-corrected chi connectivity index (χ2v) is 4.83. The van der Waals surface area contributed by atoms with E-state index in [0.29, 0.717) is 5.88 Å². The molecule has 2 aromatic rings. The zero-order chi connectivity index (χ0) is 13.2. The third kappa shape index (κ3) is 2.38. The van der Waals surface area contributed by atoms with Gasteiger partial charge < -0.3 is 10.1 Å². The van der Waals surface area contributed by atoms with Gasteiger partial charge in [-0.2, -0.15) is 0 Å². The maximum Gasteiger partial charge on any atom is 0.261 e. The number of hydrogen-bond acceptors (Lipinski definition) is 3. The molecule has 1 aromatic carbocycles. The van der Waals surface area contributed by atoms with E-state index in [1.54, 1.807) is 0 Å². The Balaban J connectivity index is 1.90. The lowest BCUT2D eigenvalue weighted by Gasteiger charge is -2.22. The van der Waals surface area contributed by atoms with Crippen LogP contribution in [0.15, 0.2) is 30.3 Å². The summed E-state index contributed by atoms with van der Waals surface area (Å²) in [4.78, 5) is 16.1. The summed E-state index contributed by atoms with van der Waals surface area (Å²) in [6.07, 6.45) is 1.28. The van der Waals surface area contributed by atoms with Gasteiger partial charge in [0, 0.05) is 18.0 Å². The Hall–Kier alpha value is -2.10. The van der Waals surface area contributed by atoms with Crippen LogP contribution >= 0.6 is 0 Å². The Morgan fingerprint density at radius 3 is 3.05 bits per heavy atom. The van der Waals surface area contributed by atoms with E-state index in [9.17, 15) is 4.79 Å². The highest BCUT2D eigenvalue weighted by Gasteiger charge is 2.24. The first-order valence-corrected chi connectivity index (χ1v) is 6.55. The summed E-state index contributed by atoms with van der Waals surface area (Å²) >= 11 is 0. The highest BCUT2D eigenvalue weighted by atomic mass is 16.5. The molecule has 0 radical (unpaired) electrons. The van der Waals surface area contributed by atoms with Crippen LogP contribution in [0.25, 0.3) is 10.9 Å². The fourth-order valence-corrected chi connectivity index (χ4v) is 2.38. The molecule has 19 heavy (non-hydrogen) atoms. The fourth-order valence-electron chi connectivity index (χ4n) is 2.38. The van der Waals surface area contributed by atoms with Gasteiger partial charge in [0.15, 0.2) is 6.10 Å². The van der Waals surface area contributed by atoms with E-state index < -0.39 is 6.10 Å². The van der Waals surface area contributed by atoms with Gasteiger partial charge in [0.25, 0.3) is 5.91 Å². The van der Waals surface area contributed by atoms with Crippen LogP contribution in [0.4, 0.5) is 0 Å². The average molecular weight is 256 g/mol. The van der Waals surface area contributed by atoms with E-state index in [1.165, 1.54) is 0 Å². The molecule has 4 heteroatoms. The number of aryl methyl sites for hydroxylation is 1. The molecule has 4 nitrogen and oxygen atoms in total. The van der Waals surface area contributed by atoms with E-state index >= 15 is 0 Å². The quantitative estimate of drug-likeness (QED) is 0.896. The number of benzene rings is 1. The van der Waals surface area contributed by atoms with Gasteiger partial charge >= 0.3 is 0 Å².